The van der Waals surface area contributed by atoms with E-state index in [4.69, 9.17) is 11.4 Å². The zero-order chi connectivity index (χ0) is 18.9. The Labute approximate surface area is 149 Å². The number of nitrogens with one attached hydrogen (secondary N) is 2. The molecule has 0 fully saturated rings. The van der Waals surface area contributed by atoms with Gasteiger partial charge in [-0.15, -0.1) is 0 Å². The highest BCUT2D eigenvalue weighted by Gasteiger charge is 2.22. The molecule has 0 aromatic heterocycles. The minimum absolute atomic E-state index is 0.106. The Morgan fingerprint density at radius 2 is 1.58 bits per heavy atom. The molecule has 8 nitrogen and oxygen atoms in total. The molecule has 1 atom stereocenters. The van der Waals surface area contributed by atoms with Gasteiger partial charge in [-0.05, 0) is 17.7 Å². The van der Waals surface area contributed by atoms with Gasteiger partial charge in [0.15, 0.2) is 0 Å². The van der Waals surface area contributed by atoms with Crippen molar-refractivity contribution >= 4 is 23.8 Å². The zero-order valence-corrected chi connectivity index (χ0v) is 13.8. The van der Waals surface area contributed by atoms with Gasteiger partial charge >= 0.3 is 6.21 Å². The molecule has 132 valence electrons. The summed E-state index contributed by atoms with van der Waals surface area (Å²) in [6.07, 6.45) is 0.670. The van der Waals surface area contributed by atoms with Gasteiger partial charge in [0.05, 0.1) is 17.2 Å². The van der Waals surface area contributed by atoms with Crippen molar-refractivity contribution in [2.45, 2.75) is 12.5 Å². The number of rotatable bonds is 7. The molecule has 2 aromatic carbocycles. The Kier molecular flexibility index (Phi) is 6.50. The molecule has 2 amide bonds. The second-order valence-electron chi connectivity index (χ2n) is 5.37. The molecule has 2 rings (SSSR count). The van der Waals surface area contributed by atoms with Gasteiger partial charge in [-0.1, -0.05) is 42.5 Å². The first kappa shape index (κ1) is 18.7. The fourth-order valence-electron chi connectivity index (χ4n) is 2.45. The topological polar surface area (TPSA) is 138 Å². The summed E-state index contributed by atoms with van der Waals surface area (Å²) in [7, 11) is 0. The molecule has 0 aliphatic carbocycles. The molecule has 0 radical (unpaired) electrons. The Morgan fingerprint density at radius 3 is 2.15 bits per heavy atom. The third-order valence-electron chi connectivity index (χ3n) is 3.66. The molecule has 0 saturated carbocycles. The van der Waals surface area contributed by atoms with E-state index in [1.54, 1.807) is 42.5 Å². The van der Waals surface area contributed by atoms with E-state index in [2.05, 4.69) is 10.1 Å². The monoisotopic (exact) mass is 351 g/mol. The first-order valence-electron chi connectivity index (χ1n) is 7.73. The number of hydrogen-bond donors (Lipinski definition) is 3. The molecule has 2 aromatic rings. The zero-order valence-electron chi connectivity index (χ0n) is 13.8. The molecule has 0 aliphatic rings. The van der Waals surface area contributed by atoms with E-state index >= 15 is 0 Å². The van der Waals surface area contributed by atoms with Crippen LogP contribution in [-0.4, -0.2) is 28.6 Å². The predicted octanol–water partition coefficient (Wildman–Crippen LogP) is 1.02. The molecule has 0 saturated heterocycles. The number of benzene rings is 2. The Morgan fingerprint density at radius 1 is 1.00 bits per heavy atom. The predicted molar refractivity (Wildman–Crippen MR) is 94.1 cm³/mol. The van der Waals surface area contributed by atoms with Crippen molar-refractivity contribution < 1.29 is 19.2 Å². The quantitative estimate of drug-likeness (QED) is 0.171. The number of nitrogens with zero attached hydrogens (tertiary/aromatic N) is 2. The molecule has 0 unspecified atom stereocenters. The smallest absolute Gasteiger partial charge is 0.323 e. The molecule has 0 aliphatic heterocycles. The lowest BCUT2D eigenvalue weighted by atomic mass is 10.00. The van der Waals surface area contributed by atoms with Gasteiger partial charge in [0, 0.05) is 6.42 Å². The van der Waals surface area contributed by atoms with Gasteiger partial charge < -0.3 is 10.8 Å². The van der Waals surface area contributed by atoms with E-state index < -0.39 is 23.6 Å². The van der Waals surface area contributed by atoms with Gasteiger partial charge in [0.1, 0.15) is 0 Å². The second-order valence-corrected chi connectivity index (χ2v) is 5.37. The van der Waals surface area contributed by atoms with Crippen LogP contribution in [0.1, 0.15) is 38.7 Å². The first-order valence-corrected chi connectivity index (χ1v) is 7.73. The number of nitrogens with two attached hydrogens (primary N) is 1. The maximum Gasteiger partial charge on any atom is 0.323 e. The number of ketones is 1. The van der Waals surface area contributed by atoms with Gasteiger partial charge in [-0.25, -0.2) is 5.84 Å². The summed E-state index contributed by atoms with van der Waals surface area (Å²) in [6, 6.07) is 14.4. The average molecular weight is 351 g/mol. The van der Waals surface area contributed by atoms with Crippen LogP contribution in [0.4, 0.5) is 0 Å². The van der Waals surface area contributed by atoms with Crippen LogP contribution >= 0.6 is 0 Å². The lowest BCUT2D eigenvalue weighted by Crippen LogP contribution is -2.35. The molecule has 0 heterocycles. The summed E-state index contributed by atoms with van der Waals surface area (Å²) >= 11 is 0. The largest absolute Gasteiger partial charge is 0.361 e. The van der Waals surface area contributed by atoms with E-state index in [-0.39, 0.29) is 17.5 Å². The highest BCUT2D eigenvalue weighted by molar-refractivity contribution is 6.25. The second kappa shape index (κ2) is 9.03. The molecular weight excluding hydrogens is 334 g/mol. The third kappa shape index (κ3) is 4.70. The lowest BCUT2D eigenvalue weighted by Gasteiger charge is -2.18. The molecule has 26 heavy (non-hydrogen) atoms. The van der Waals surface area contributed by atoms with E-state index in [0.717, 1.165) is 6.21 Å². The molecule has 0 bridgehead atoms. The van der Waals surface area contributed by atoms with Crippen molar-refractivity contribution in [2.24, 2.45) is 5.84 Å². The van der Waals surface area contributed by atoms with E-state index in [1.807, 2.05) is 5.43 Å². The third-order valence-corrected chi connectivity index (χ3v) is 3.66. The minimum atomic E-state index is -0.664. The summed E-state index contributed by atoms with van der Waals surface area (Å²) in [5.41, 5.74) is 11.4. The summed E-state index contributed by atoms with van der Waals surface area (Å²) < 4.78 is 0. The number of hydrogen-bond acceptors (Lipinski definition) is 4. The Bertz CT molecular complexity index is 860. The first-order chi connectivity index (χ1) is 12.6. The molecule has 4 N–H and O–H groups in total. The summed E-state index contributed by atoms with van der Waals surface area (Å²) in [5, 5.41) is 2.73. The number of carbonyl (C=O) groups is 3. The number of Topliss-reactive ketones (excluding diaryl/α,β-unsaturated/α-hetero) is 1. The normalized spacial score (nSPS) is 11.0. The van der Waals surface area contributed by atoms with Crippen molar-refractivity contribution in [2.75, 3.05) is 0 Å². The summed E-state index contributed by atoms with van der Waals surface area (Å²) in [4.78, 5) is 39.1. The highest BCUT2D eigenvalue weighted by Crippen LogP contribution is 2.18. The summed E-state index contributed by atoms with van der Waals surface area (Å²) in [5.74, 6) is 3.55. The van der Waals surface area contributed by atoms with Crippen LogP contribution in [-0.2, 0) is 4.79 Å². The van der Waals surface area contributed by atoms with Crippen molar-refractivity contribution in [1.29, 1.82) is 0 Å². The lowest BCUT2D eigenvalue weighted by molar-refractivity contribution is -0.116. The van der Waals surface area contributed by atoms with Crippen molar-refractivity contribution in [3.8, 4) is 0 Å². The highest BCUT2D eigenvalue weighted by atomic mass is 16.2. The Hall–Kier alpha value is -3.61. The minimum Gasteiger partial charge on any atom is -0.361 e. The van der Waals surface area contributed by atoms with Crippen LogP contribution in [0, 0.1) is 0 Å². The molecule has 0 spiro atoms. The molecule has 8 heteroatoms. The fraction of sp³-hybridized carbons (Fsp3) is 0.111. The van der Waals surface area contributed by atoms with E-state index in [1.165, 1.54) is 12.1 Å². The van der Waals surface area contributed by atoms with Gasteiger partial charge in [-0.3, -0.25) is 19.8 Å². The SMILES string of the molecule is [N-]=[N+]=CC(=O)C[C@H](NC(=O)c1ccccc1C(=O)NN)c1ccccc1. The molecular formula is C18H17N5O3. The fourth-order valence-corrected chi connectivity index (χ4v) is 2.45. The van der Waals surface area contributed by atoms with E-state index in [9.17, 15) is 14.4 Å². The Balaban J connectivity index is 2.31. The van der Waals surface area contributed by atoms with Crippen molar-refractivity contribution in [3.63, 3.8) is 0 Å². The van der Waals surface area contributed by atoms with Gasteiger partial charge in [0.25, 0.3) is 11.8 Å². The maximum absolute atomic E-state index is 12.7. The van der Waals surface area contributed by atoms with Crippen LogP contribution in [0.5, 0.6) is 0 Å². The maximum atomic E-state index is 12.7. The number of hydrazine groups is 1. The average Bonchev–Trinajstić information content (AvgIpc) is 2.67. The van der Waals surface area contributed by atoms with Crippen LogP contribution in [0.15, 0.2) is 54.6 Å². The van der Waals surface area contributed by atoms with Crippen LogP contribution in [0.3, 0.4) is 0 Å². The van der Waals surface area contributed by atoms with Gasteiger partial charge in [0.2, 0.25) is 5.78 Å². The van der Waals surface area contributed by atoms with Crippen molar-refractivity contribution in [3.05, 3.63) is 76.8 Å². The number of carbonyl (C=O) groups excluding carboxylic acids is 3. The van der Waals surface area contributed by atoms with Crippen LogP contribution in [0.2, 0.25) is 0 Å². The number of nitrogen functional groups attached to an aromatic ring is 1. The van der Waals surface area contributed by atoms with Crippen molar-refractivity contribution in [1.82, 2.24) is 10.7 Å². The standard InChI is InChI=1S/C18H17N5O3/c19-21-11-13(24)10-16(12-6-2-1-3-7-12)22-17(25)14-8-4-5-9-15(14)18(26)23-20/h1-9,11,16H,10,20H2,(H,22,25)(H,23,26)/t16-/m0/s1. The van der Waals surface area contributed by atoms with Crippen LogP contribution < -0.4 is 16.6 Å². The van der Waals surface area contributed by atoms with E-state index in [0.29, 0.717) is 5.56 Å². The summed E-state index contributed by atoms with van der Waals surface area (Å²) in [6.45, 7) is 0. The van der Waals surface area contributed by atoms with Gasteiger partial charge in [-0.2, -0.15) is 4.79 Å². The van der Waals surface area contributed by atoms with Crippen LogP contribution in [0.25, 0.3) is 5.53 Å². The number of amides is 2.